The molecule has 2 aromatic rings. The first-order chi connectivity index (χ1) is 16.3. The van der Waals surface area contributed by atoms with Crippen LogP contribution in [0.4, 0.5) is 5.69 Å². The number of hydrogen-bond acceptors (Lipinski definition) is 6. The van der Waals surface area contributed by atoms with Crippen molar-refractivity contribution in [3.05, 3.63) is 40.7 Å². The molecule has 1 N–H and O–H groups in total. The largest absolute Gasteiger partial charge is 0.493 e. The van der Waals surface area contributed by atoms with Crippen molar-refractivity contribution in [1.29, 1.82) is 0 Å². The maximum absolute atomic E-state index is 13.0. The molecule has 2 fully saturated rings. The Kier molecular flexibility index (Phi) is 6.95. The summed E-state index contributed by atoms with van der Waals surface area (Å²) in [5.41, 5.74) is 2.89. The summed E-state index contributed by atoms with van der Waals surface area (Å²) in [6, 6.07) is 5.33. The molecule has 2 aliphatic rings. The molecule has 1 aromatic carbocycles. The van der Waals surface area contributed by atoms with Gasteiger partial charge >= 0.3 is 5.97 Å². The first-order valence-corrected chi connectivity index (χ1v) is 11.8. The van der Waals surface area contributed by atoms with E-state index in [4.69, 9.17) is 14.2 Å². The third-order valence-corrected chi connectivity index (χ3v) is 6.76. The Bertz CT molecular complexity index is 1110. The number of rotatable bonds is 9. The zero-order valence-corrected chi connectivity index (χ0v) is 20.2. The number of aryl methyl sites for hydroxylation is 1. The third kappa shape index (κ3) is 4.81. The number of nitrogens with zero attached hydrogens (tertiary/aromatic N) is 1. The minimum atomic E-state index is -0.716. The van der Waals surface area contributed by atoms with E-state index >= 15 is 0 Å². The van der Waals surface area contributed by atoms with Crippen molar-refractivity contribution in [1.82, 2.24) is 4.57 Å². The van der Waals surface area contributed by atoms with Crippen molar-refractivity contribution in [2.45, 2.75) is 58.4 Å². The smallest absolute Gasteiger partial charge is 0.340 e. The summed E-state index contributed by atoms with van der Waals surface area (Å²) in [5, 5.41) is 2.85. The van der Waals surface area contributed by atoms with Crippen LogP contribution in [0.25, 0.3) is 0 Å². The predicted octanol–water partition coefficient (Wildman–Crippen LogP) is 4.63. The first-order valence-electron chi connectivity index (χ1n) is 11.8. The zero-order valence-electron chi connectivity index (χ0n) is 20.2. The number of aromatic nitrogens is 1. The zero-order chi connectivity index (χ0) is 24.4. The number of ketones is 1. The van der Waals surface area contributed by atoms with Crippen LogP contribution in [0.2, 0.25) is 0 Å². The lowest BCUT2D eigenvalue weighted by atomic mass is 10.1. The van der Waals surface area contributed by atoms with Gasteiger partial charge in [-0.2, -0.15) is 0 Å². The van der Waals surface area contributed by atoms with Crippen LogP contribution in [0.15, 0.2) is 18.2 Å². The Morgan fingerprint density at radius 1 is 0.941 bits per heavy atom. The van der Waals surface area contributed by atoms with Gasteiger partial charge in [-0.3, -0.25) is 9.59 Å². The predicted molar refractivity (Wildman–Crippen MR) is 127 cm³/mol. The molecule has 0 bridgehead atoms. The van der Waals surface area contributed by atoms with Crippen LogP contribution < -0.4 is 14.8 Å². The molecule has 0 radical (unpaired) electrons. The molecular formula is C26H32N2O6. The van der Waals surface area contributed by atoms with Gasteiger partial charge in [0.05, 0.1) is 25.5 Å². The highest BCUT2D eigenvalue weighted by Crippen LogP contribution is 2.38. The number of esters is 1. The van der Waals surface area contributed by atoms with Gasteiger partial charge < -0.3 is 24.1 Å². The van der Waals surface area contributed by atoms with Crippen LogP contribution in [0.1, 0.15) is 76.7 Å². The Morgan fingerprint density at radius 3 is 2.21 bits per heavy atom. The van der Waals surface area contributed by atoms with E-state index in [0.29, 0.717) is 23.1 Å². The number of carbonyl (C=O) groups is 3. The summed E-state index contributed by atoms with van der Waals surface area (Å²) in [7, 11) is 2.94. The number of anilines is 1. The lowest BCUT2D eigenvalue weighted by Crippen LogP contribution is -2.23. The van der Waals surface area contributed by atoms with E-state index < -0.39 is 12.6 Å². The molecular weight excluding hydrogens is 436 g/mol. The van der Waals surface area contributed by atoms with Gasteiger partial charge in [-0.15, -0.1) is 0 Å². The molecule has 1 amide bonds. The molecule has 1 heterocycles. The summed E-state index contributed by atoms with van der Waals surface area (Å²) in [4.78, 5) is 38.6. The van der Waals surface area contributed by atoms with Crippen molar-refractivity contribution in [2.75, 3.05) is 26.1 Å². The van der Waals surface area contributed by atoms with Crippen LogP contribution in [-0.2, 0) is 9.53 Å². The normalized spacial score (nSPS) is 15.8. The minimum Gasteiger partial charge on any atom is -0.493 e. The van der Waals surface area contributed by atoms with Gasteiger partial charge in [-0.1, -0.05) is 12.8 Å². The standard InChI is InChI=1S/C26H32N2O6/c1-15-11-19(16(2)28(15)18-9-10-18)22(29)14-34-26(31)20-12-23(32-3)24(33-4)13-21(20)27-25(30)17-7-5-6-8-17/h11-13,17-18H,5-10,14H2,1-4H3,(H,27,30). The van der Waals surface area contributed by atoms with E-state index in [1.165, 1.54) is 20.3 Å². The van der Waals surface area contributed by atoms with E-state index in [2.05, 4.69) is 9.88 Å². The number of ether oxygens (including phenoxy) is 3. The Morgan fingerprint density at radius 2 is 1.59 bits per heavy atom. The first kappa shape index (κ1) is 23.9. The monoisotopic (exact) mass is 468 g/mol. The highest BCUT2D eigenvalue weighted by Gasteiger charge is 2.29. The molecule has 0 atom stereocenters. The number of hydrogen-bond donors (Lipinski definition) is 1. The van der Waals surface area contributed by atoms with Gasteiger partial charge in [0.1, 0.15) is 0 Å². The number of Topliss-reactive ketones (excluding diaryl/α,β-unsaturated/α-hetero) is 1. The van der Waals surface area contributed by atoms with Gasteiger partial charge in [0.15, 0.2) is 18.1 Å². The van der Waals surface area contributed by atoms with Crippen molar-refractivity contribution < 1.29 is 28.6 Å². The number of benzene rings is 1. The molecule has 34 heavy (non-hydrogen) atoms. The Labute approximate surface area is 199 Å². The van der Waals surface area contributed by atoms with E-state index in [9.17, 15) is 14.4 Å². The highest BCUT2D eigenvalue weighted by atomic mass is 16.5. The summed E-state index contributed by atoms with van der Waals surface area (Å²) in [6.45, 7) is 3.51. The molecule has 182 valence electrons. The third-order valence-electron chi connectivity index (χ3n) is 6.76. The summed E-state index contributed by atoms with van der Waals surface area (Å²) < 4.78 is 18.2. The maximum Gasteiger partial charge on any atom is 0.340 e. The second-order valence-electron chi connectivity index (χ2n) is 9.11. The van der Waals surface area contributed by atoms with E-state index in [-0.39, 0.29) is 28.9 Å². The Balaban J connectivity index is 1.52. The average molecular weight is 469 g/mol. The van der Waals surface area contributed by atoms with E-state index in [1.807, 2.05) is 19.9 Å². The van der Waals surface area contributed by atoms with Crippen molar-refractivity contribution >= 4 is 23.3 Å². The van der Waals surface area contributed by atoms with Crippen molar-refractivity contribution in [3.63, 3.8) is 0 Å². The highest BCUT2D eigenvalue weighted by molar-refractivity contribution is 6.04. The fraction of sp³-hybridized carbons (Fsp3) is 0.500. The Hall–Kier alpha value is -3.29. The van der Waals surface area contributed by atoms with Gasteiger partial charge in [-0.05, 0) is 45.6 Å². The quantitative estimate of drug-likeness (QED) is 0.426. The van der Waals surface area contributed by atoms with Crippen LogP contribution in [0.3, 0.4) is 0 Å². The van der Waals surface area contributed by atoms with Crippen LogP contribution in [-0.4, -0.2) is 43.1 Å². The summed E-state index contributed by atoms with van der Waals surface area (Å²) >= 11 is 0. The molecule has 0 aliphatic heterocycles. The topological polar surface area (TPSA) is 95.9 Å². The summed E-state index contributed by atoms with van der Waals surface area (Å²) in [5.74, 6) is -0.489. The van der Waals surface area contributed by atoms with Crippen LogP contribution in [0.5, 0.6) is 11.5 Å². The van der Waals surface area contributed by atoms with Crippen LogP contribution >= 0.6 is 0 Å². The van der Waals surface area contributed by atoms with E-state index in [0.717, 1.165) is 49.9 Å². The second kappa shape index (κ2) is 9.91. The minimum absolute atomic E-state index is 0.0831. The molecule has 0 unspecified atom stereocenters. The molecule has 8 heteroatoms. The molecule has 4 rings (SSSR count). The number of amides is 1. The summed E-state index contributed by atoms with van der Waals surface area (Å²) in [6.07, 6.45) is 5.92. The SMILES string of the molecule is COc1cc(NC(=O)C2CCCC2)c(C(=O)OCC(=O)c2cc(C)n(C3CC3)c2C)cc1OC. The molecule has 8 nitrogen and oxygen atoms in total. The molecule has 1 aromatic heterocycles. The molecule has 0 saturated heterocycles. The second-order valence-corrected chi connectivity index (χ2v) is 9.11. The number of methoxy groups -OCH3 is 2. The lowest BCUT2D eigenvalue weighted by molar-refractivity contribution is -0.119. The lowest BCUT2D eigenvalue weighted by Gasteiger charge is -2.17. The fourth-order valence-corrected chi connectivity index (χ4v) is 4.81. The maximum atomic E-state index is 13.0. The molecule has 2 saturated carbocycles. The number of nitrogens with one attached hydrogen (secondary N) is 1. The number of carbonyl (C=O) groups excluding carboxylic acids is 3. The van der Waals surface area contributed by atoms with Crippen LogP contribution in [0, 0.1) is 19.8 Å². The van der Waals surface area contributed by atoms with Gasteiger partial charge in [0.25, 0.3) is 0 Å². The van der Waals surface area contributed by atoms with Gasteiger partial charge in [-0.25, -0.2) is 4.79 Å². The van der Waals surface area contributed by atoms with E-state index in [1.54, 1.807) is 6.07 Å². The molecule has 2 aliphatic carbocycles. The molecule has 0 spiro atoms. The van der Waals surface area contributed by atoms with Gasteiger partial charge in [0, 0.05) is 41.0 Å². The average Bonchev–Trinajstić information content (AvgIpc) is 3.39. The van der Waals surface area contributed by atoms with Gasteiger partial charge in [0.2, 0.25) is 11.7 Å². The van der Waals surface area contributed by atoms with Crippen molar-refractivity contribution in [3.8, 4) is 11.5 Å². The van der Waals surface area contributed by atoms with Crippen molar-refractivity contribution in [2.24, 2.45) is 5.92 Å². The fourth-order valence-electron chi connectivity index (χ4n) is 4.81.